The van der Waals surface area contributed by atoms with Crippen LogP contribution in [0, 0.1) is 13.8 Å². The minimum Gasteiger partial charge on any atom is -0.481 e. The Kier molecular flexibility index (Phi) is 4.59. The molecule has 0 aliphatic carbocycles. The summed E-state index contributed by atoms with van der Waals surface area (Å²) >= 11 is 0. The first-order chi connectivity index (χ1) is 12.3. The lowest BCUT2D eigenvalue weighted by Crippen LogP contribution is -2.30. The molecule has 3 rings (SSSR count). The zero-order valence-corrected chi connectivity index (χ0v) is 15.7. The van der Waals surface area contributed by atoms with Crippen molar-refractivity contribution in [3.05, 3.63) is 58.0 Å². The number of anilines is 1. The predicted molar refractivity (Wildman–Crippen MR) is 103 cm³/mol. The topological polar surface area (TPSA) is 65.3 Å². The first-order valence-electron chi connectivity index (χ1n) is 8.47. The van der Waals surface area contributed by atoms with Crippen molar-refractivity contribution in [2.24, 2.45) is 14.1 Å². The molecular weight excluding hydrogens is 330 g/mol. The molecule has 26 heavy (non-hydrogen) atoms. The Morgan fingerprint density at radius 1 is 1.00 bits per heavy atom. The second-order valence-electron chi connectivity index (χ2n) is 6.68. The van der Waals surface area contributed by atoms with Crippen molar-refractivity contribution in [2.75, 3.05) is 5.32 Å². The van der Waals surface area contributed by atoms with Gasteiger partial charge >= 0.3 is 5.69 Å². The number of carbonyl (C=O) groups is 1. The highest BCUT2D eigenvalue weighted by atomic mass is 16.5. The Morgan fingerprint density at radius 2 is 1.62 bits per heavy atom. The number of hydrogen-bond acceptors (Lipinski definition) is 3. The van der Waals surface area contributed by atoms with E-state index in [1.807, 2.05) is 32.0 Å². The highest BCUT2D eigenvalue weighted by molar-refractivity contribution is 5.95. The van der Waals surface area contributed by atoms with Gasteiger partial charge in [-0.2, -0.15) is 0 Å². The number of ether oxygens (including phenoxy) is 1. The average molecular weight is 353 g/mol. The molecule has 2 aromatic carbocycles. The molecule has 1 amide bonds. The van der Waals surface area contributed by atoms with Gasteiger partial charge in [0.1, 0.15) is 5.75 Å². The average Bonchev–Trinajstić information content (AvgIpc) is 2.78. The van der Waals surface area contributed by atoms with Crippen LogP contribution in [-0.4, -0.2) is 21.1 Å². The highest BCUT2D eigenvalue weighted by Crippen LogP contribution is 2.20. The fraction of sp³-hybridized carbons (Fsp3) is 0.300. The van der Waals surface area contributed by atoms with Gasteiger partial charge in [-0.1, -0.05) is 6.07 Å². The smallest absolute Gasteiger partial charge is 0.328 e. The number of aryl methyl sites for hydroxylation is 4. The number of rotatable bonds is 4. The predicted octanol–water partition coefficient (Wildman–Crippen LogP) is 2.90. The molecule has 0 aliphatic rings. The van der Waals surface area contributed by atoms with E-state index in [1.165, 1.54) is 0 Å². The Bertz CT molecular complexity index is 1030. The van der Waals surface area contributed by atoms with Crippen LogP contribution in [0.2, 0.25) is 0 Å². The van der Waals surface area contributed by atoms with Crippen LogP contribution in [-0.2, 0) is 18.9 Å². The monoisotopic (exact) mass is 353 g/mol. The SMILES string of the molecule is Cc1cc(C)cc(O[C@@H](C)C(=O)Nc2ccc3c(c2)n(C)c(=O)n3C)c1. The molecule has 1 N–H and O–H groups in total. The molecule has 0 unspecified atom stereocenters. The number of fused-ring (bicyclic) bond motifs is 1. The first-order valence-corrected chi connectivity index (χ1v) is 8.47. The van der Waals surface area contributed by atoms with Crippen molar-refractivity contribution in [1.29, 1.82) is 0 Å². The molecule has 1 heterocycles. The number of benzene rings is 2. The fourth-order valence-corrected chi connectivity index (χ4v) is 3.09. The number of hydrogen-bond donors (Lipinski definition) is 1. The third kappa shape index (κ3) is 3.35. The molecule has 3 aromatic rings. The summed E-state index contributed by atoms with van der Waals surface area (Å²) in [6.07, 6.45) is -0.647. The van der Waals surface area contributed by atoms with E-state index >= 15 is 0 Å². The van der Waals surface area contributed by atoms with Crippen molar-refractivity contribution in [2.45, 2.75) is 26.9 Å². The van der Waals surface area contributed by atoms with Gasteiger partial charge < -0.3 is 10.1 Å². The molecule has 0 radical (unpaired) electrons. The third-order valence-corrected chi connectivity index (χ3v) is 4.42. The molecular formula is C20H23N3O3. The lowest BCUT2D eigenvalue weighted by atomic mass is 10.1. The van der Waals surface area contributed by atoms with E-state index in [0.717, 1.165) is 22.2 Å². The lowest BCUT2D eigenvalue weighted by Gasteiger charge is -2.16. The standard InChI is InChI=1S/C20H23N3O3/c1-12-8-13(2)10-16(9-12)26-14(3)19(24)21-15-6-7-17-18(11-15)23(5)20(25)22(17)4/h6-11,14H,1-5H3,(H,21,24)/t14-/m0/s1. The summed E-state index contributed by atoms with van der Waals surface area (Å²) in [4.78, 5) is 24.5. The second kappa shape index (κ2) is 6.71. The normalized spacial score (nSPS) is 12.2. The number of aromatic nitrogens is 2. The van der Waals surface area contributed by atoms with Crippen LogP contribution in [0.15, 0.2) is 41.2 Å². The van der Waals surface area contributed by atoms with E-state index in [9.17, 15) is 9.59 Å². The minimum atomic E-state index is -0.647. The summed E-state index contributed by atoms with van der Waals surface area (Å²) < 4.78 is 8.91. The summed E-state index contributed by atoms with van der Waals surface area (Å²) in [5, 5.41) is 2.85. The molecule has 6 nitrogen and oxygen atoms in total. The molecule has 0 bridgehead atoms. The van der Waals surface area contributed by atoms with Gasteiger partial charge in [-0.05, 0) is 62.2 Å². The number of imidazole rings is 1. The minimum absolute atomic E-state index is 0.102. The van der Waals surface area contributed by atoms with E-state index < -0.39 is 6.10 Å². The summed E-state index contributed by atoms with van der Waals surface area (Å²) in [5.74, 6) is 0.426. The summed E-state index contributed by atoms with van der Waals surface area (Å²) in [5.41, 5.74) is 4.27. The van der Waals surface area contributed by atoms with E-state index in [-0.39, 0.29) is 11.6 Å². The molecule has 1 atom stereocenters. The first kappa shape index (κ1) is 17.8. The Labute approximate surface area is 152 Å². The van der Waals surface area contributed by atoms with Crippen molar-refractivity contribution in [3.8, 4) is 5.75 Å². The fourth-order valence-electron chi connectivity index (χ4n) is 3.09. The van der Waals surface area contributed by atoms with E-state index in [4.69, 9.17) is 4.74 Å². The number of carbonyl (C=O) groups excluding carboxylic acids is 1. The van der Waals surface area contributed by atoms with Crippen LogP contribution in [0.3, 0.4) is 0 Å². The molecule has 0 spiro atoms. The summed E-state index contributed by atoms with van der Waals surface area (Å²) in [6.45, 7) is 5.69. The zero-order valence-electron chi connectivity index (χ0n) is 15.7. The molecule has 6 heteroatoms. The van der Waals surface area contributed by atoms with Gasteiger partial charge in [0.05, 0.1) is 11.0 Å². The Balaban J connectivity index is 1.77. The van der Waals surface area contributed by atoms with Gasteiger partial charge in [0, 0.05) is 19.8 Å². The van der Waals surface area contributed by atoms with E-state index in [0.29, 0.717) is 11.4 Å². The molecule has 0 saturated carbocycles. The lowest BCUT2D eigenvalue weighted by molar-refractivity contribution is -0.122. The zero-order chi connectivity index (χ0) is 19.0. The van der Waals surface area contributed by atoms with Crippen LogP contribution in [0.25, 0.3) is 11.0 Å². The Hall–Kier alpha value is -3.02. The van der Waals surface area contributed by atoms with Gasteiger partial charge in [-0.25, -0.2) is 4.79 Å². The van der Waals surface area contributed by atoms with Crippen molar-refractivity contribution >= 4 is 22.6 Å². The molecule has 0 saturated heterocycles. The van der Waals surface area contributed by atoms with Gasteiger partial charge in [0.25, 0.3) is 5.91 Å². The maximum Gasteiger partial charge on any atom is 0.328 e. The maximum absolute atomic E-state index is 12.5. The van der Waals surface area contributed by atoms with E-state index in [2.05, 4.69) is 11.4 Å². The van der Waals surface area contributed by atoms with E-state index in [1.54, 1.807) is 42.3 Å². The molecule has 0 aliphatic heterocycles. The van der Waals surface area contributed by atoms with Gasteiger partial charge in [-0.3, -0.25) is 13.9 Å². The summed E-state index contributed by atoms with van der Waals surface area (Å²) in [7, 11) is 3.44. The quantitative estimate of drug-likeness (QED) is 0.784. The van der Waals surface area contributed by atoms with Gasteiger partial charge in [0.2, 0.25) is 0 Å². The van der Waals surface area contributed by atoms with Crippen molar-refractivity contribution < 1.29 is 9.53 Å². The van der Waals surface area contributed by atoms with Crippen molar-refractivity contribution in [3.63, 3.8) is 0 Å². The largest absolute Gasteiger partial charge is 0.481 e. The van der Waals surface area contributed by atoms with Crippen LogP contribution in [0.5, 0.6) is 5.75 Å². The number of nitrogens with zero attached hydrogens (tertiary/aromatic N) is 2. The van der Waals surface area contributed by atoms with Crippen LogP contribution in [0.4, 0.5) is 5.69 Å². The Morgan fingerprint density at radius 3 is 2.27 bits per heavy atom. The van der Waals surface area contributed by atoms with Crippen molar-refractivity contribution in [1.82, 2.24) is 9.13 Å². The third-order valence-electron chi connectivity index (χ3n) is 4.42. The van der Waals surface area contributed by atoms with Gasteiger partial charge in [0.15, 0.2) is 6.10 Å². The highest BCUT2D eigenvalue weighted by Gasteiger charge is 2.16. The van der Waals surface area contributed by atoms with Crippen LogP contribution < -0.4 is 15.7 Å². The molecule has 0 fully saturated rings. The number of nitrogens with one attached hydrogen (secondary N) is 1. The number of amides is 1. The van der Waals surface area contributed by atoms with Crippen LogP contribution >= 0.6 is 0 Å². The second-order valence-corrected chi connectivity index (χ2v) is 6.68. The maximum atomic E-state index is 12.5. The molecule has 136 valence electrons. The summed E-state index contributed by atoms with van der Waals surface area (Å²) in [6, 6.07) is 11.3. The van der Waals surface area contributed by atoms with Gasteiger partial charge in [-0.15, -0.1) is 0 Å². The van der Waals surface area contributed by atoms with Crippen LogP contribution in [0.1, 0.15) is 18.1 Å². The molecule has 1 aromatic heterocycles.